The van der Waals surface area contributed by atoms with Gasteiger partial charge in [-0.1, -0.05) is 6.92 Å². The van der Waals surface area contributed by atoms with Gasteiger partial charge >= 0.3 is 6.18 Å². The molecule has 8 heteroatoms. The van der Waals surface area contributed by atoms with E-state index in [2.05, 4.69) is 15.3 Å². The normalized spacial score (nSPS) is 11.5. The number of likely N-dealkylation sites (N-methyl/N-ethyl adjacent to an activating group) is 1. The third-order valence-corrected chi connectivity index (χ3v) is 2.54. The predicted molar refractivity (Wildman–Crippen MR) is 71.0 cm³/mol. The molecule has 0 saturated carbocycles. The molecular formula is C12H19F3N4O. The molecule has 1 rings (SSSR count). The summed E-state index contributed by atoms with van der Waals surface area (Å²) in [5.74, 6) is -0.755. The second-order valence-corrected chi connectivity index (χ2v) is 4.27. The minimum Gasteiger partial charge on any atom is -0.383 e. The molecule has 0 radical (unpaired) electrons. The Hall–Kier alpha value is -1.57. The maximum absolute atomic E-state index is 12.8. The number of nitrogens with zero attached hydrogens (tertiary/aromatic N) is 3. The molecule has 1 heterocycles. The third-order valence-electron chi connectivity index (χ3n) is 2.54. The monoisotopic (exact) mass is 292 g/mol. The second kappa shape index (κ2) is 7.28. The first-order valence-corrected chi connectivity index (χ1v) is 6.28. The molecule has 0 amide bonds. The van der Waals surface area contributed by atoms with E-state index >= 15 is 0 Å². The largest absolute Gasteiger partial charge is 0.451 e. The fourth-order valence-corrected chi connectivity index (χ4v) is 1.44. The number of hydrogen-bond donors (Lipinski definition) is 1. The van der Waals surface area contributed by atoms with Crippen molar-refractivity contribution >= 4 is 11.6 Å². The van der Waals surface area contributed by atoms with Gasteiger partial charge in [0.15, 0.2) is 0 Å². The number of anilines is 2. The van der Waals surface area contributed by atoms with Crippen LogP contribution >= 0.6 is 0 Å². The predicted octanol–water partition coefficient (Wildman–Crippen LogP) is 2.40. The van der Waals surface area contributed by atoms with Crippen LogP contribution in [0.25, 0.3) is 0 Å². The fourth-order valence-electron chi connectivity index (χ4n) is 1.44. The molecule has 0 aliphatic heterocycles. The smallest absolute Gasteiger partial charge is 0.383 e. The number of alkyl halides is 3. The minimum absolute atomic E-state index is 0.174. The van der Waals surface area contributed by atoms with E-state index in [0.717, 1.165) is 6.42 Å². The molecule has 0 fully saturated rings. The van der Waals surface area contributed by atoms with Crippen molar-refractivity contribution in [3.63, 3.8) is 0 Å². The lowest BCUT2D eigenvalue weighted by molar-refractivity contribution is -0.144. The summed E-state index contributed by atoms with van der Waals surface area (Å²) in [4.78, 5) is 8.65. The highest BCUT2D eigenvalue weighted by atomic mass is 19.4. The Kier molecular flexibility index (Phi) is 6.00. The van der Waals surface area contributed by atoms with Gasteiger partial charge in [-0.15, -0.1) is 0 Å². The summed E-state index contributed by atoms with van der Waals surface area (Å²) in [5, 5.41) is 2.85. The second-order valence-electron chi connectivity index (χ2n) is 4.27. The van der Waals surface area contributed by atoms with Crippen molar-refractivity contribution in [2.75, 3.05) is 44.1 Å². The quantitative estimate of drug-likeness (QED) is 0.836. The van der Waals surface area contributed by atoms with Crippen LogP contribution in [-0.4, -0.2) is 43.8 Å². The van der Waals surface area contributed by atoms with E-state index < -0.39 is 12.0 Å². The number of methoxy groups -OCH3 is 1. The first-order chi connectivity index (χ1) is 9.38. The van der Waals surface area contributed by atoms with Gasteiger partial charge in [0.2, 0.25) is 5.82 Å². The molecule has 0 aliphatic rings. The fraction of sp³-hybridized carbons (Fsp3) is 0.667. The Balaban J connectivity index is 3.02. The van der Waals surface area contributed by atoms with E-state index in [1.54, 1.807) is 11.9 Å². The van der Waals surface area contributed by atoms with Crippen molar-refractivity contribution in [2.24, 2.45) is 0 Å². The van der Waals surface area contributed by atoms with E-state index in [1.165, 1.54) is 13.2 Å². The number of halogens is 3. The molecule has 5 nitrogen and oxygen atoms in total. The van der Waals surface area contributed by atoms with Crippen LogP contribution in [0.4, 0.5) is 24.8 Å². The van der Waals surface area contributed by atoms with Crippen LogP contribution in [0.3, 0.4) is 0 Å². The molecule has 1 aromatic rings. The van der Waals surface area contributed by atoms with E-state index in [-0.39, 0.29) is 11.6 Å². The number of nitrogens with one attached hydrogen (secondary N) is 1. The van der Waals surface area contributed by atoms with Gasteiger partial charge in [-0.25, -0.2) is 9.97 Å². The average Bonchev–Trinajstić information content (AvgIpc) is 2.41. The lowest BCUT2D eigenvalue weighted by atomic mass is 10.4. The van der Waals surface area contributed by atoms with Gasteiger partial charge < -0.3 is 15.0 Å². The lowest BCUT2D eigenvalue weighted by Gasteiger charge is -2.19. The van der Waals surface area contributed by atoms with Crippen molar-refractivity contribution in [1.82, 2.24) is 9.97 Å². The molecule has 0 unspecified atom stereocenters. The summed E-state index contributed by atoms with van der Waals surface area (Å²) < 4.78 is 43.3. The Labute approximate surface area is 116 Å². The van der Waals surface area contributed by atoms with Crippen molar-refractivity contribution in [3.05, 3.63) is 11.9 Å². The molecule has 0 aromatic carbocycles. The highest BCUT2D eigenvalue weighted by Gasteiger charge is 2.35. The first kappa shape index (κ1) is 16.5. The maximum atomic E-state index is 12.8. The van der Waals surface area contributed by atoms with Crippen molar-refractivity contribution in [1.29, 1.82) is 0 Å². The molecule has 1 aromatic heterocycles. The molecule has 0 spiro atoms. The van der Waals surface area contributed by atoms with Crippen LogP contribution in [0.15, 0.2) is 6.07 Å². The Morgan fingerprint density at radius 3 is 2.60 bits per heavy atom. The highest BCUT2D eigenvalue weighted by molar-refractivity contribution is 5.49. The van der Waals surface area contributed by atoms with Gasteiger partial charge in [-0.2, -0.15) is 13.2 Å². The molecule has 0 aliphatic carbocycles. The van der Waals surface area contributed by atoms with Gasteiger partial charge in [0.05, 0.1) is 6.61 Å². The standard InChI is InChI=1S/C12H19F3N4O/c1-4-5-16-9-8-10(19(2)6-7-20-3)18-11(17-9)12(13,14)15/h8H,4-7H2,1-3H3,(H,16,17,18). The zero-order valence-electron chi connectivity index (χ0n) is 11.8. The van der Waals surface area contributed by atoms with Gasteiger partial charge in [0.25, 0.3) is 0 Å². The van der Waals surface area contributed by atoms with Crippen LogP contribution in [0.2, 0.25) is 0 Å². The zero-order chi connectivity index (χ0) is 15.2. The van der Waals surface area contributed by atoms with E-state index in [4.69, 9.17) is 4.74 Å². The number of aromatic nitrogens is 2. The Bertz CT molecular complexity index is 426. The van der Waals surface area contributed by atoms with Gasteiger partial charge in [0.1, 0.15) is 11.6 Å². The Morgan fingerprint density at radius 1 is 1.35 bits per heavy atom. The Morgan fingerprint density at radius 2 is 2.05 bits per heavy atom. The molecular weight excluding hydrogens is 273 g/mol. The SMILES string of the molecule is CCCNc1cc(N(C)CCOC)nc(C(F)(F)F)n1. The molecule has 1 N–H and O–H groups in total. The number of rotatable bonds is 7. The van der Waals surface area contributed by atoms with E-state index in [0.29, 0.717) is 19.7 Å². The molecule has 0 saturated heterocycles. The first-order valence-electron chi connectivity index (χ1n) is 6.28. The summed E-state index contributed by atoms with van der Waals surface area (Å²) in [6.07, 6.45) is -3.78. The summed E-state index contributed by atoms with van der Waals surface area (Å²) in [7, 11) is 3.19. The van der Waals surface area contributed by atoms with Crippen LogP contribution in [0.5, 0.6) is 0 Å². The summed E-state index contributed by atoms with van der Waals surface area (Å²) in [6.45, 7) is 3.32. The summed E-state index contributed by atoms with van der Waals surface area (Å²) >= 11 is 0. The zero-order valence-corrected chi connectivity index (χ0v) is 11.8. The topological polar surface area (TPSA) is 50.3 Å². The van der Waals surface area contributed by atoms with Crippen LogP contribution < -0.4 is 10.2 Å². The summed E-state index contributed by atoms with van der Waals surface area (Å²) in [6, 6.07) is 1.50. The average molecular weight is 292 g/mol. The molecule has 0 atom stereocenters. The van der Waals surface area contributed by atoms with Gasteiger partial charge in [0, 0.05) is 33.3 Å². The van der Waals surface area contributed by atoms with Crippen molar-refractivity contribution < 1.29 is 17.9 Å². The minimum atomic E-state index is -4.57. The number of hydrogen-bond acceptors (Lipinski definition) is 5. The van der Waals surface area contributed by atoms with Crippen molar-refractivity contribution in [2.45, 2.75) is 19.5 Å². The van der Waals surface area contributed by atoms with Crippen molar-refractivity contribution in [3.8, 4) is 0 Å². The van der Waals surface area contributed by atoms with Gasteiger partial charge in [-0.05, 0) is 6.42 Å². The third kappa shape index (κ3) is 4.84. The van der Waals surface area contributed by atoms with Crippen LogP contribution in [0.1, 0.15) is 19.2 Å². The maximum Gasteiger partial charge on any atom is 0.451 e. The van der Waals surface area contributed by atoms with Gasteiger partial charge in [-0.3, -0.25) is 0 Å². The highest BCUT2D eigenvalue weighted by Crippen LogP contribution is 2.29. The number of ether oxygens (including phenoxy) is 1. The molecule has 0 bridgehead atoms. The molecule has 20 heavy (non-hydrogen) atoms. The lowest BCUT2D eigenvalue weighted by Crippen LogP contribution is -2.25. The van der Waals surface area contributed by atoms with Crippen LogP contribution in [0, 0.1) is 0 Å². The summed E-state index contributed by atoms with van der Waals surface area (Å²) in [5.41, 5.74) is 0. The molecule has 114 valence electrons. The van der Waals surface area contributed by atoms with E-state index in [1.807, 2.05) is 6.92 Å². The van der Waals surface area contributed by atoms with E-state index in [9.17, 15) is 13.2 Å². The van der Waals surface area contributed by atoms with Crippen LogP contribution in [-0.2, 0) is 10.9 Å².